The Bertz CT molecular complexity index is 1110. The predicted octanol–water partition coefficient (Wildman–Crippen LogP) is 2.00. The Hall–Kier alpha value is -2.69. The van der Waals surface area contributed by atoms with Crippen LogP contribution in [0.3, 0.4) is 0 Å². The van der Waals surface area contributed by atoms with Gasteiger partial charge < -0.3 is 0 Å². The van der Waals surface area contributed by atoms with E-state index in [-0.39, 0.29) is 11.4 Å². The first-order valence-electron chi connectivity index (χ1n) is 7.76. The summed E-state index contributed by atoms with van der Waals surface area (Å²) in [5, 5.41) is 8.15. The fraction of sp³-hybridized carbons (Fsp3) is 0.125. The number of nitrogens with zero attached hydrogens (tertiary/aromatic N) is 5. The zero-order valence-electron chi connectivity index (χ0n) is 13.4. The first-order valence-corrected chi connectivity index (χ1v) is 9.97. The van der Waals surface area contributed by atoms with E-state index in [0.29, 0.717) is 11.0 Å². The molecule has 0 saturated carbocycles. The van der Waals surface area contributed by atoms with Gasteiger partial charge in [0.05, 0.1) is 36.7 Å². The fourth-order valence-electron chi connectivity index (χ4n) is 2.65. The van der Waals surface area contributed by atoms with Gasteiger partial charge in [-0.2, -0.15) is 23.7 Å². The van der Waals surface area contributed by atoms with E-state index in [1.165, 1.54) is 10.9 Å². The van der Waals surface area contributed by atoms with Crippen LogP contribution < -0.4 is 4.72 Å². The minimum Gasteiger partial charge on any atom is -0.207 e. The van der Waals surface area contributed by atoms with Crippen LogP contribution in [0, 0.1) is 0 Å². The maximum Gasteiger partial charge on any atom is 0.243 e. The molecule has 0 spiro atoms. The molecule has 0 amide bonds. The molecule has 1 unspecified atom stereocenters. The third kappa shape index (κ3) is 3.34. The molecule has 1 N–H and O–H groups in total. The Morgan fingerprint density at radius 2 is 1.77 bits per heavy atom. The van der Waals surface area contributed by atoms with Gasteiger partial charge in [0.1, 0.15) is 15.9 Å². The molecule has 2 aromatic heterocycles. The number of aromatic nitrogens is 5. The molecule has 4 rings (SSSR count). The Balaban J connectivity index is 1.71. The summed E-state index contributed by atoms with van der Waals surface area (Å²) in [6.07, 6.45) is 3.11. The smallest absolute Gasteiger partial charge is 0.207 e. The largest absolute Gasteiger partial charge is 0.243 e. The summed E-state index contributed by atoms with van der Waals surface area (Å²) < 4.78 is 37.0. The second-order valence-electron chi connectivity index (χ2n) is 5.56. The average molecular weight is 386 g/mol. The van der Waals surface area contributed by atoms with E-state index in [1.807, 2.05) is 30.3 Å². The van der Waals surface area contributed by atoms with Crippen molar-refractivity contribution in [2.45, 2.75) is 17.5 Å². The van der Waals surface area contributed by atoms with Crippen LogP contribution in [0.1, 0.15) is 11.6 Å². The molecule has 0 aliphatic carbocycles. The number of benzene rings is 2. The molecule has 4 aromatic rings. The highest BCUT2D eigenvalue weighted by Crippen LogP contribution is 2.24. The summed E-state index contributed by atoms with van der Waals surface area (Å²) in [7, 11) is -3.82. The highest BCUT2D eigenvalue weighted by atomic mass is 32.2. The number of hydrogen-bond donors (Lipinski definition) is 1. The van der Waals surface area contributed by atoms with Gasteiger partial charge in [-0.25, -0.2) is 13.1 Å². The summed E-state index contributed by atoms with van der Waals surface area (Å²) in [6.45, 7) is 0.265. The second kappa shape index (κ2) is 6.90. The summed E-state index contributed by atoms with van der Waals surface area (Å²) >= 11 is 0.986. The standard InChI is InChI=1S/C16H14N6O2S2/c23-26(24,15-8-4-7-13-16(15)20-25-19-13)21-14(11-22-17-9-10-18-22)12-5-2-1-3-6-12/h1-10,14,21H,11H2. The zero-order chi connectivity index (χ0) is 18.0. The van der Waals surface area contributed by atoms with E-state index in [2.05, 4.69) is 23.7 Å². The van der Waals surface area contributed by atoms with E-state index in [9.17, 15) is 8.42 Å². The molecule has 0 fully saturated rings. The number of nitrogens with one attached hydrogen (secondary N) is 1. The van der Waals surface area contributed by atoms with Gasteiger partial charge in [-0.1, -0.05) is 36.4 Å². The van der Waals surface area contributed by atoms with Crippen LogP contribution in [0.15, 0.2) is 65.8 Å². The third-order valence-electron chi connectivity index (χ3n) is 3.85. The Kier molecular flexibility index (Phi) is 4.45. The fourth-order valence-corrected chi connectivity index (χ4v) is 4.63. The van der Waals surface area contributed by atoms with Crippen LogP contribution in [0.2, 0.25) is 0 Å². The second-order valence-corrected chi connectivity index (χ2v) is 7.77. The molecule has 2 heterocycles. The van der Waals surface area contributed by atoms with E-state index in [0.717, 1.165) is 17.3 Å². The lowest BCUT2D eigenvalue weighted by atomic mass is 10.1. The molecule has 8 nitrogen and oxygen atoms in total. The van der Waals surface area contributed by atoms with Crippen molar-refractivity contribution in [3.05, 3.63) is 66.5 Å². The molecule has 0 saturated heterocycles. The van der Waals surface area contributed by atoms with Crippen molar-refractivity contribution in [3.8, 4) is 0 Å². The summed E-state index contributed by atoms with van der Waals surface area (Å²) in [5.41, 5.74) is 1.74. The van der Waals surface area contributed by atoms with Crippen molar-refractivity contribution in [2.75, 3.05) is 0 Å². The lowest BCUT2D eigenvalue weighted by molar-refractivity contribution is 0.444. The van der Waals surface area contributed by atoms with Gasteiger partial charge in [0.25, 0.3) is 0 Å². The average Bonchev–Trinajstić information content (AvgIpc) is 3.33. The summed E-state index contributed by atoms with van der Waals surface area (Å²) in [5.74, 6) is 0. The molecule has 0 radical (unpaired) electrons. The molecule has 26 heavy (non-hydrogen) atoms. The Morgan fingerprint density at radius 3 is 2.54 bits per heavy atom. The van der Waals surface area contributed by atoms with Gasteiger partial charge in [-0.05, 0) is 17.7 Å². The van der Waals surface area contributed by atoms with Gasteiger partial charge in [-0.15, -0.1) is 0 Å². The molecule has 10 heteroatoms. The van der Waals surface area contributed by atoms with E-state index < -0.39 is 16.1 Å². The predicted molar refractivity (Wildman–Crippen MR) is 96.9 cm³/mol. The van der Waals surface area contributed by atoms with Gasteiger partial charge in [0.15, 0.2) is 0 Å². The highest BCUT2D eigenvalue weighted by Gasteiger charge is 2.25. The van der Waals surface area contributed by atoms with Crippen LogP contribution >= 0.6 is 11.7 Å². The molecule has 0 aliphatic rings. The number of hydrogen-bond acceptors (Lipinski definition) is 7. The lowest BCUT2D eigenvalue weighted by Crippen LogP contribution is -2.32. The minimum atomic E-state index is -3.82. The van der Waals surface area contributed by atoms with Gasteiger partial charge >= 0.3 is 0 Å². The van der Waals surface area contributed by atoms with Crippen molar-refractivity contribution < 1.29 is 8.42 Å². The molecule has 0 bridgehead atoms. The quantitative estimate of drug-likeness (QED) is 0.544. The third-order valence-corrected chi connectivity index (χ3v) is 5.90. The van der Waals surface area contributed by atoms with Crippen molar-refractivity contribution in [1.29, 1.82) is 0 Å². The van der Waals surface area contributed by atoms with Crippen LogP contribution in [0.5, 0.6) is 0 Å². The van der Waals surface area contributed by atoms with Gasteiger partial charge in [0.2, 0.25) is 10.0 Å². The number of fused-ring (bicyclic) bond motifs is 1. The van der Waals surface area contributed by atoms with Crippen LogP contribution in [-0.4, -0.2) is 32.2 Å². The first kappa shape index (κ1) is 16.8. The van der Waals surface area contributed by atoms with Crippen molar-refractivity contribution >= 4 is 32.8 Å². The monoisotopic (exact) mass is 386 g/mol. The van der Waals surface area contributed by atoms with E-state index in [1.54, 1.807) is 24.5 Å². The summed E-state index contributed by atoms with van der Waals surface area (Å²) in [4.78, 5) is 1.56. The zero-order valence-corrected chi connectivity index (χ0v) is 15.1. The number of rotatable bonds is 6. The maximum absolute atomic E-state index is 13.0. The minimum absolute atomic E-state index is 0.109. The molecule has 2 aromatic carbocycles. The maximum atomic E-state index is 13.0. The normalized spacial score (nSPS) is 13.1. The van der Waals surface area contributed by atoms with Crippen molar-refractivity contribution in [2.24, 2.45) is 0 Å². The SMILES string of the molecule is O=S(=O)(NC(Cn1nccn1)c1ccccc1)c1cccc2nsnc12. The molecular weight excluding hydrogens is 372 g/mol. The van der Waals surface area contributed by atoms with Crippen molar-refractivity contribution in [3.63, 3.8) is 0 Å². The highest BCUT2D eigenvalue weighted by molar-refractivity contribution is 7.89. The molecule has 0 aliphatic heterocycles. The van der Waals surface area contributed by atoms with Crippen LogP contribution in [0.25, 0.3) is 11.0 Å². The van der Waals surface area contributed by atoms with Gasteiger partial charge in [-0.3, -0.25) is 0 Å². The number of sulfonamides is 1. The van der Waals surface area contributed by atoms with E-state index >= 15 is 0 Å². The summed E-state index contributed by atoms with van der Waals surface area (Å²) in [6, 6.07) is 13.7. The molecular formula is C16H14N6O2S2. The Labute approximate surface area is 153 Å². The van der Waals surface area contributed by atoms with Crippen LogP contribution in [-0.2, 0) is 16.6 Å². The van der Waals surface area contributed by atoms with E-state index in [4.69, 9.17) is 0 Å². The molecule has 132 valence electrons. The Morgan fingerprint density at radius 1 is 1.00 bits per heavy atom. The first-order chi connectivity index (χ1) is 12.6. The van der Waals surface area contributed by atoms with Gasteiger partial charge in [0, 0.05) is 0 Å². The topological polar surface area (TPSA) is 103 Å². The van der Waals surface area contributed by atoms with Crippen LogP contribution in [0.4, 0.5) is 0 Å². The van der Waals surface area contributed by atoms with Crippen molar-refractivity contribution in [1.82, 2.24) is 28.5 Å². The molecule has 1 atom stereocenters. The lowest BCUT2D eigenvalue weighted by Gasteiger charge is -2.19.